The van der Waals surface area contributed by atoms with Gasteiger partial charge in [-0.25, -0.2) is 0 Å². The zero-order chi connectivity index (χ0) is 19.7. The second-order valence-electron chi connectivity index (χ2n) is 7.00. The molecule has 0 atom stereocenters. The van der Waals surface area contributed by atoms with E-state index in [4.69, 9.17) is 0 Å². The molecule has 0 spiro atoms. The topological polar surface area (TPSA) is 25.2 Å². The van der Waals surface area contributed by atoms with Crippen molar-refractivity contribution < 1.29 is 0 Å². The molecule has 0 fully saturated rings. The lowest BCUT2D eigenvalue weighted by atomic mass is 9.90. The molecule has 136 valence electrons. The minimum absolute atomic E-state index is 0.747. The molecule has 0 amide bonds. The number of benzene rings is 3. The first kappa shape index (κ1) is 17.9. The minimum Gasteiger partial charge on any atom is -0.262 e. The van der Waals surface area contributed by atoms with Gasteiger partial charge in [0.15, 0.2) is 0 Å². The Morgan fingerprint density at radius 1 is 0.893 bits per heavy atom. The highest BCUT2D eigenvalue weighted by molar-refractivity contribution is 5.93. The first-order valence-corrected chi connectivity index (χ1v) is 9.31. The molecule has 2 heteroatoms. The van der Waals surface area contributed by atoms with E-state index in [1.165, 1.54) is 33.0 Å². The van der Waals surface area contributed by atoms with Crippen molar-refractivity contribution in [3.05, 3.63) is 102 Å². The molecule has 0 saturated carbocycles. The van der Waals surface area contributed by atoms with Crippen LogP contribution in [0.5, 0.6) is 0 Å². The molecule has 0 bridgehead atoms. The largest absolute Gasteiger partial charge is 0.262 e. The fraction of sp³-hybridized carbons (Fsp3) is 0.0769. The summed E-state index contributed by atoms with van der Waals surface area (Å²) >= 11 is 0. The van der Waals surface area contributed by atoms with Crippen LogP contribution in [0.15, 0.2) is 84.5 Å². The number of aryl methyl sites for hydroxylation is 2. The summed E-state index contributed by atoms with van der Waals surface area (Å²) in [5, 5.41) is 2.55. The molecule has 0 radical (unpaired) electrons. The van der Waals surface area contributed by atoms with Crippen molar-refractivity contribution in [3.8, 4) is 11.1 Å². The van der Waals surface area contributed by atoms with Crippen LogP contribution in [0.2, 0.25) is 0 Å². The zero-order valence-corrected chi connectivity index (χ0v) is 16.2. The number of fused-ring (bicyclic) bond motifs is 1. The Balaban J connectivity index is 1.86. The Bertz CT molecular complexity index is 1220. The molecule has 0 N–H and O–H groups in total. The third kappa shape index (κ3) is 3.03. The van der Waals surface area contributed by atoms with Gasteiger partial charge in [-0.3, -0.25) is 9.98 Å². The van der Waals surface area contributed by atoms with E-state index in [-0.39, 0.29) is 0 Å². The zero-order valence-electron chi connectivity index (χ0n) is 16.2. The summed E-state index contributed by atoms with van der Waals surface area (Å²) in [7, 11) is 0. The lowest BCUT2D eigenvalue weighted by Crippen LogP contribution is -1.94. The summed E-state index contributed by atoms with van der Waals surface area (Å²) in [4.78, 5) is 8.57. The number of pyridine rings is 1. The van der Waals surface area contributed by atoms with E-state index in [0.717, 1.165) is 22.5 Å². The molecule has 0 unspecified atom stereocenters. The molecule has 0 saturated heterocycles. The average Bonchev–Trinajstić information content (AvgIpc) is 2.74. The predicted molar refractivity (Wildman–Crippen MR) is 120 cm³/mol. The van der Waals surface area contributed by atoms with Gasteiger partial charge in [0.2, 0.25) is 0 Å². The van der Waals surface area contributed by atoms with Gasteiger partial charge in [-0.05, 0) is 77.4 Å². The summed E-state index contributed by atoms with van der Waals surface area (Å²) in [6.45, 7) is 12.3. The van der Waals surface area contributed by atoms with Crippen LogP contribution >= 0.6 is 0 Å². The van der Waals surface area contributed by atoms with Crippen LogP contribution in [-0.4, -0.2) is 11.7 Å². The van der Waals surface area contributed by atoms with Crippen molar-refractivity contribution in [3.63, 3.8) is 0 Å². The number of aromatic nitrogens is 1. The quantitative estimate of drug-likeness (QED) is 0.362. The predicted octanol–water partition coefficient (Wildman–Crippen LogP) is 6.91. The first-order valence-electron chi connectivity index (χ1n) is 9.31. The maximum absolute atomic E-state index is 4.48. The Morgan fingerprint density at radius 2 is 1.71 bits per heavy atom. The van der Waals surface area contributed by atoms with E-state index in [1.807, 2.05) is 12.1 Å². The summed E-state index contributed by atoms with van der Waals surface area (Å²) < 4.78 is 0. The van der Waals surface area contributed by atoms with Gasteiger partial charge < -0.3 is 0 Å². The second kappa shape index (κ2) is 7.24. The number of rotatable bonds is 4. The fourth-order valence-electron chi connectivity index (χ4n) is 3.71. The molecule has 0 aliphatic carbocycles. The second-order valence-corrected chi connectivity index (χ2v) is 7.00. The molecule has 3 aromatic carbocycles. The third-order valence-corrected chi connectivity index (χ3v) is 5.32. The normalized spacial score (nSPS) is 10.8. The Kier molecular flexibility index (Phi) is 4.62. The average molecular weight is 362 g/mol. The summed E-state index contributed by atoms with van der Waals surface area (Å²) in [6, 6.07) is 23.1. The number of hydrogen-bond donors (Lipinski definition) is 0. The van der Waals surface area contributed by atoms with Crippen LogP contribution in [0, 0.1) is 13.8 Å². The first-order chi connectivity index (χ1) is 13.6. The van der Waals surface area contributed by atoms with Gasteiger partial charge in [0.05, 0.1) is 11.4 Å². The summed E-state index contributed by atoms with van der Waals surface area (Å²) in [5.74, 6) is 0. The molecule has 28 heavy (non-hydrogen) atoms. The van der Waals surface area contributed by atoms with E-state index < -0.39 is 0 Å². The Labute approximate surface area is 165 Å². The van der Waals surface area contributed by atoms with Crippen LogP contribution in [0.3, 0.4) is 0 Å². The molecule has 0 aliphatic heterocycles. The number of nitrogens with zero attached hydrogens (tertiary/aromatic N) is 2. The molecular formula is C26H22N2. The summed E-state index contributed by atoms with van der Waals surface area (Å²) in [6.07, 6.45) is 1.76. The molecule has 4 aromatic rings. The standard InChI is InChI=1S/C26H22N2/c1-17-11-12-21(18(2)26-25(27-4)10-7-15-28-26)16-24(17)23-14-13-20-8-5-6-9-22(20)19(23)3/h5-16H,2,4H2,1,3H3. The highest BCUT2D eigenvalue weighted by atomic mass is 14.8. The van der Waals surface area contributed by atoms with Crippen LogP contribution in [0.25, 0.3) is 27.5 Å². The lowest BCUT2D eigenvalue weighted by molar-refractivity contribution is 1.26. The van der Waals surface area contributed by atoms with E-state index in [0.29, 0.717) is 0 Å². The summed E-state index contributed by atoms with van der Waals surface area (Å²) in [5.41, 5.74) is 8.38. The number of aliphatic imine (C=N–C) groups is 1. The van der Waals surface area contributed by atoms with Crippen LogP contribution in [-0.2, 0) is 0 Å². The van der Waals surface area contributed by atoms with Crippen molar-refractivity contribution in [2.75, 3.05) is 0 Å². The van der Waals surface area contributed by atoms with Gasteiger partial charge in [0.25, 0.3) is 0 Å². The van der Waals surface area contributed by atoms with Gasteiger partial charge >= 0.3 is 0 Å². The van der Waals surface area contributed by atoms with Gasteiger partial charge in [-0.15, -0.1) is 0 Å². The van der Waals surface area contributed by atoms with E-state index in [1.54, 1.807) is 6.20 Å². The Hall–Kier alpha value is -3.52. The van der Waals surface area contributed by atoms with Crippen LogP contribution in [0.1, 0.15) is 22.4 Å². The van der Waals surface area contributed by atoms with Gasteiger partial charge in [0, 0.05) is 11.8 Å². The van der Waals surface area contributed by atoms with E-state index >= 15 is 0 Å². The highest BCUT2D eigenvalue weighted by Crippen LogP contribution is 2.35. The van der Waals surface area contributed by atoms with Crippen LogP contribution < -0.4 is 0 Å². The smallest absolute Gasteiger partial charge is 0.0958 e. The Morgan fingerprint density at radius 3 is 2.54 bits per heavy atom. The highest BCUT2D eigenvalue weighted by Gasteiger charge is 2.13. The minimum atomic E-state index is 0.747. The molecule has 2 nitrogen and oxygen atoms in total. The van der Waals surface area contributed by atoms with Crippen LogP contribution in [0.4, 0.5) is 5.69 Å². The van der Waals surface area contributed by atoms with Gasteiger partial charge in [-0.1, -0.05) is 55.1 Å². The van der Waals surface area contributed by atoms with Gasteiger partial charge in [0.1, 0.15) is 0 Å². The SMILES string of the molecule is C=Nc1cccnc1C(=C)c1ccc(C)c(-c2ccc3ccccc3c2C)c1. The molecule has 1 aromatic heterocycles. The number of hydrogen-bond acceptors (Lipinski definition) is 2. The van der Waals surface area contributed by atoms with Crippen molar-refractivity contribution in [2.45, 2.75) is 13.8 Å². The van der Waals surface area contributed by atoms with Crippen molar-refractivity contribution in [1.82, 2.24) is 4.98 Å². The molecule has 1 heterocycles. The maximum Gasteiger partial charge on any atom is 0.0958 e. The van der Waals surface area contributed by atoms with Crippen molar-refractivity contribution in [2.24, 2.45) is 4.99 Å². The molecular weight excluding hydrogens is 340 g/mol. The monoisotopic (exact) mass is 362 g/mol. The van der Waals surface area contributed by atoms with E-state index in [2.05, 4.69) is 91.7 Å². The fourth-order valence-corrected chi connectivity index (χ4v) is 3.71. The molecule has 4 rings (SSSR count). The maximum atomic E-state index is 4.48. The molecule has 0 aliphatic rings. The lowest BCUT2D eigenvalue weighted by Gasteiger charge is -2.15. The van der Waals surface area contributed by atoms with Crippen molar-refractivity contribution in [1.29, 1.82) is 0 Å². The van der Waals surface area contributed by atoms with Gasteiger partial charge in [-0.2, -0.15) is 0 Å². The third-order valence-electron chi connectivity index (χ3n) is 5.32. The van der Waals surface area contributed by atoms with E-state index in [9.17, 15) is 0 Å². The van der Waals surface area contributed by atoms with Crippen molar-refractivity contribution >= 4 is 28.8 Å².